The molecule has 18 heavy (non-hydrogen) atoms. The zero-order valence-electron chi connectivity index (χ0n) is 12.7. The fourth-order valence-electron chi connectivity index (χ4n) is 2.10. The molecule has 1 heteroatoms. The van der Waals surface area contributed by atoms with Gasteiger partial charge in [-0.3, -0.25) is 0 Å². The number of aliphatic hydroxyl groups is 1. The Morgan fingerprint density at radius 1 is 0.833 bits per heavy atom. The summed E-state index contributed by atoms with van der Waals surface area (Å²) < 4.78 is 0. The highest BCUT2D eigenvalue weighted by Gasteiger charge is 1.96. The monoisotopic (exact) mass is 254 g/mol. The number of hydrogen-bond acceptors (Lipinski definition) is 1. The minimum absolute atomic E-state index is 0.358. The summed E-state index contributed by atoms with van der Waals surface area (Å²) >= 11 is 0. The molecule has 1 N–H and O–H groups in total. The molecule has 0 aromatic carbocycles. The van der Waals surface area contributed by atoms with E-state index < -0.39 is 0 Å². The fraction of sp³-hybridized carbons (Fsp3) is 0.882. The van der Waals surface area contributed by atoms with Crippen LogP contribution in [0.25, 0.3) is 0 Å². The van der Waals surface area contributed by atoms with Crippen molar-refractivity contribution in [3.05, 3.63) is 12.2 Å². The molecule has 108 valence electrons. The summed E-state index contributed by atoms with van der Waals surface area (Å²) in [7, 11) is 0. The van der Waals surface area contributed by atoms with Crippen molar-refractivity contribution in [2.24, 2.45) is 5.92 Å². The first-order chi connectivity index (χ1) is 8.81. The largest absolute Gasteiger partial charge is 0.396 e. The van der Waals surface area contributed by atoms with Crippen molar-refractivity contribution >= 4 is 0 Å². The van der Waals surface area contributed by atoms with E-state index in [0.29, 0.717) is 6.61 Å². The van der Waals surface area contributed by atoms with Crippen molar-refractivity contribution in [3.63, 3.8) is 0 Å². The van der Waals surface area contributed by atoms with Gasteiger partial charge in [-0.15, -0.1) is 0 Å². The van der Waals surface area contributed by atoms with Crippen LogP contribution in [-0.4, -0.2) is 11.7 Å². The predicted octanol–water partition coefficient (Wildman–Crippen LogP) is 5.48. The highest BCUT2D eigenvalue weighted by Crippen LogP contribution is 2.12. The number of aliphatic hydroxyl groups excluding tert-OH is 1. The smallest absolute Gasteiger partial charge is 0.0431 e. The van der Waals surface area contributed by atoms with Crippen molar-refractivity contribution in [1.29, 1.82) is 0 Å². The highest BCUT2D eigenvalue weighted by atomic mass is 16.2. The van der Waals surface area contributed by atoms with E-state index in [2.05, 4.69) is 26.0 Å². The third-order valence-electron chi connectivity index (χ3n) is 3.71. The lowest BCUT2D eigenvalue weighted by Crippen LogP contribution is -1.90. The first kappa shape index (κ1) is 17.7. The van der Waals surface area contributed by atoms with Gasteiger partial charge in [0.05, 0.1) is 0 Å². The molecule has 0 aromatic heterocycles. The van der Waals surface area contributed by atoms with E-state index in [1.165, 1.54) is 64.2 Å². The lowest BCUT2D eigenvalue weighted by Gasteiger charge is -2.06. The standard InChI is InChI=1S/C17H34O/c1-3-17(2)15-13-11-9-7-5-4-6-8-10-12-14-16-18/h5,7,17-18H,3-4,6,8-16H2,1-2H3/t17-/m1/s1. The Labute approximate surface area is 115 Å². The Morgan fingerprint density at radius 2 is 1.39 bits per heavy atom. The summed E-state index contributed by atoms with van der Waals surface area (Å²) in [6, 6.07) is 0. The summed E-state index contributed by atoms with van der Waals surface area (Å²) in [6.07, 6.45) is 18.8. The van der Waals surface area contributed by atoms with E-state index in [-0.39, 0.29) is 0 Å². The minimum Gasteiger partial charge on any atom is -0.396 e. The molecule has 0 radical (unpaired) electrons. The van der Waals surface area contributed by atoms with Crippen LogP contribution in [0, 0.1) is 5.92 Å². The predicted molar refractivity (Wildman–Crippen MR) is 81.9 cm³/mol. The SMILES string of the molecule is CC[C@@H](C)CCCCC=CCCCCCCCO. The molecule has 0 amide bonds. The first-order valence-electron chi connectivity index (χ1n) is 8.07. The summed E-state index contributed by atoms with van der Waals surface area (Å²) in [6.45, 7) is 4.99. The van der Waals surface area contributed by atoms with E-state index in [1.54, 1.807) is 0 Å². The molecule has 1 atom stereocenters. The summed E-state index contributed by atoms with van der Waals surface area (Å²) in [5.41, 5.74) is 0. The van der Waals surface area contributed by atoms with Crippen LogP contribution >= 0.6 is 0 Å². The molecule has 0 spiro atoms. The molecule has 0 bridgehead atoms. The molecule has 0 aliphatic heterocycles. The molecule has 0 aliphatic carbocycles. The average molecular weight is 254 g/mol. The van der Waals surface area contributed by atoms with Crippen molar-refractivity contribution < 1.29 is 5.11 Å². The van der Waals surface area contributed by atoms with Crippen molar-refractivity contribution in [2.45, 2.75) is 84.5 Å². The normalized spacial score (nSPS) is 13.3. The van der Waals surface area contributed by atoms with Gasteiger partial charge in [0.2, 0.25) is 0 Å². The first-order valence-corrected chi connectivity index (χ1v) is 8.07. The maximum Gasteiger partial charge on any atom is 0.0431 e. The number of hydrogen-bond donors (Lipinski definition) is 1. The highest BCUT2D eigenvalue weighted by molar-refractivity contribution is 4.81. The second-order valence-electron chi connectivity index (χ2n) is 5.55. The van der Waals surface area contributed by atoms with Crippen molar-refractivity contribution in [2.75, 3.05) is 6.61 Å². The van der Waals surface area contributed by atoms with E-state index >= 15 is 0 Å². The van der Waals surface area contributed by atoms with Gasteiger partial charge in [-0.25, -0.2) is 0 Å². The molecule has 0 heterocycles. The van der Waals surface area contributed by atoms with Gasteiger partial charge in [0, 0.05) is 6.61 Å². The van der Waals surface area contributed by atoms with Crippen LogP contribution in [-0.2, 0) is 0 Å². The molecule has 0 fully saturated rings. The zero-order chi connectivity index (χ0) is 13.5. The van der Waals surface area contributed by atoms with Crippen LogP contribution in [0.1, 0.15) is 84.5 Å². The van der Waals surface area contributed by atoms with Gasteiger partial charge >= 0.3 is 0 Å². The maximum absolute atomic E-state index is 8.65. The molecule has 0 aromatic rings. The molecule has 0 saturated heterocycles. The van der Waals surface area contributed by atoms with E-state index in [9.17, 15) is 0 Å². The van der Waals surface area contributed by atoms with Crippen LogP contribution in [0.15, 0.2) is 12.2 Å². The van der Waals surface area contributed by atoms with E-state index in [4.69, 9.17) is 5.11 Å². The lowest BCUT2D eigenvalue weighted by molar-refractivity contribution is 0.282. The van der Waals surface area contributed by atoms with Crippen molar-refractivity contribution in [1.82, 2.24) is 0 Å². The minimum atomic E-state index is 0.358. The van der Waals surface area contributed by atoms with Crippen LogP contribution in [0.3, 0.4) is 0 Å². The summed E-state index contributed by atoms with van der Waals surface area (Å²) in [5, 5.41) is 8.65. The Kier molecular flexibility index (Phi) is 14.5. The third kappa shape index (κ3) is 13.8. The summed E-state index contributed by atoms with van der Waals surface area (Å²) in [5.74, 6) is 0.910. The Hall–Kier alpha value is -0.300. The molecule has 0 unspecified atom stereocenters. The van der Waals surface area contributed by atoms with E-state index in [1.807, 2.05) is 0 Å². The number of unbranched alkanes of at least 4 members (excludes halogenated alkanes) is 7. The van der Waals surface area contributed by atoms with Gasteiger partial charge in [0.15, 0.2) is 0 Å². The van der Waals surface area contributed by atoms with Gasteiger partial charge in [-0.05, 0) is 38.0 Å². The topological polar surface area (TPSA) is 20.2 Å². The third-order valence-corrected chi connectivity index (χ3v) is 3.71. The molecule has 1 nitrogen and oxygen atoms in total. The summed E-state index contributed by atoms with van der Waals surface area (Å²) in [4.78, 5) is 0. The molecule has 0 saturated carbocycles. The Bertz CT molecular complexity index is 174. The second kappa shape index (κ2) is 14.8. The fourth-order valence-corrected chi connectivity index (χ4v) is 2.10. The average Bonchev–Trinajstić information content (AvgIpc) is 2.39. The van der Waals surface area contributed by atoms with Crippen LogP contribution < -0.4 is 0 Å². The van der Waals surface area contributed by atoms with Gasteiger partial charge < -0.3 is 5.11 Å². The lowest BCUT2D eigenvalue weighted by atomic mass is 10.0. The Balaban J connectivity index is 3.09. The second-order valence-corrected chi connectivity index (χ2v) is 5.55. The van der Waals surface area contributed by atoms with Gasteiger partial charge in [0.25, 0.3) is 0 Å². The number of rotatable bonds is 13. The van der Waals surface area contributed by atoms with Crippen molar-refractivity contribution in [3.8, 4) is 0 Å². The zero-order valence-corrected chi connectivity index (χ0v) is 12.7. The molecule has 0 aliphatic rings. The quantitative estimate of drug-likeness (QED) is 0.341. The van der Waals surface area contributed by atoms with Gasteiger partial charge in [-0.2, -0.15) is 0 Å². The number of allylic oxidation sites excluding steroid dienone is 2. The maximum atomic E-state index is 8.65. The molecular formula is C17H34O. The van der Waals surface area contributed by atoms with Crippen LogP contribution in [0.5, 0.6) is 0 Å². The van der Waals surface area contributed by atoms with Crippen LogP contribution in [0.2, 0.25) is 0 Å². The van der Waals surface area contributed by atoms with E-state index in [0.717, 1.165) is 12.3 Å². The van der Waals surface area contributed by atoms with Crippen LogP contribution in [0.4, 0.5) is 0 Å². The molecule has 0 rings (SSSR count). The molecular weight excluding hydrogens is 220 g/mol. The van der Waals surface area contributed by atoms with Gasteiger partial charge in [-0.1, -0.05) is 64.5 Å². The Morgan fingerprint density at radius 3 is 2.00 bits per heavy atom. The van der Waals surface area contributed by atoms with Gasteiger partial charge in [0.1, 0.15) is 0 Å².